The molecule has 3 heterocycles. The van der Waals surface area contributed by atoms with E-state index < -0.39 is 59.7 Å². The molecule has 6 atom stereocenters. The standard InChI is InChI=1S/C33H44Cl2N4O9/c1-33(30(42)43)14-21(33)7-5-3-2-4-6-8-26(37-31(44)47-22-9-10-46-18-22)29(41)39-17-23(13-27(39)28(36)40)48-32(45)38-15-19-11-24(34)25(35)12-20(19)16-38/h11-12,21-23,26-27H,2-10,13-18H2,1H3,(H2,36,40)(H,37,44)(H,42,43)/t21-,22-,23-,26+,27+,33+/m1/s1. The lowest BCUT2D eigenvalue weighted by Crippen LogP contribution is -2.53. The molecule has 1 aromatic carbocycles. The fourth-order valence-electron chi connectivity index (χ4n) is 6.93. The summed E-state index contributed by atoms with van der Waals surface area (Å²) in [5, 5.41) is 12.8. The van der Waals surface area contributed by atoms with Crippen molar-refractivity contribution in [1.29, 1.82) is 0 Å². The van der Waals surface area contributed by atoms with Gasteiger partial charge >= 0.3 is 18.2 Å². The molecule has 0 radical (unpaired) electrons. The predicted octanol–water partition coefficient (Wildman–Crippen LogP) is 4.63. The first kappa shape index (κ1) is 36.0. The van der Waals surface area contributed by atoms with Gasteiger partial charge in [0.05, 0.1) is 35.2 Å². The molecular formula is C33H44Cl2N4O9. The molecule has 264 valence electrons. The second-order valence-electron chi connectivity index (χ2n) is 13.6. The minimum Gasteiger partial charge on any atom is -0.481 e. The highest BCUT2D eigenvalue weighted by molar-refractivity contribution is 6.42. The number of rotatable bonds is 14. The third-order valence-electron chi connectivity index (χ3n) is 10.1. The fraction of sp³-hybridized carbons (Fsp3) is 0.667. The van der Waals surface area contributed by atoms with Gasteiger partial charge in [-0.3, -0.25) is 19.3 Å². The number of unbranched alkanes of at least 4 members (excludes halogenated alkanes) is 4. The highest BCUT2D eigenvalue weighted by Crippen LogP contribution is 2.55. The number of aliphatic carboxylic acids is 1. The van der Waals surface area contributed by atoms with E-state index in [2.05, 4.69) is 5.32 Å². The number of nitrogens with zero attached hydrogens (tertiary/aromatic N) is 2. The smallest absolute Gasteiger partial charge is 0.410 e. The van der Waals surface area contributed by atoms with Gasteiger partial charge < -0.3 is 35.3 Å². The number of nitrogens with two attached hydrogens (primary N) is 1. The Hall–Kier alpha value is -3.29. The van der Waals surface area contributed by atoms with Gasteiger partial charge in [-0.1, -0.05) is 55.3 Å². The lowest BCUT2D eigenvalue weighted by molar-refractivity contribution is -0.143. The van der Waals surface area contributed by atoms with E-state index in [0.29, 0.717) is 35.9 Å². The van der Waals surface area contributed by atoms with Crippen molar-refractivity contribution in [2.24, 2.45) is 17.1 Å². The Morgan fingerprint density at radius 1 is 1.04 bits per heavy atom. The van der Waals surface area contributed by atoms with E-state index in [-0.39, 0.29) is 38.6 Å². The van der Waals surface area contributed by atoms with Crippen LogP contribution >= 0.6 is 23.2 Å². The van der Waals surface area contributed by atoms with Crippen LogP contribution in [0.4, 0.5) is 9.59 Å². The van der Waals surface area contributed by atoms with Crippen molar-refractivity contribution in [3.05, 3.63) is 33.3 Å². The van der Waals surface area contributed by atoms with E-state index in [1.807, 2.05) is 0 Å². The number of carbonyl (C=O) groups excluding carboxylic acids is 4. The molecule has 4 aliphatic rings. The number of carbonyl (C=O) groups is 5. The van der Waals surface area contributed by atoms with Gasteiger partial charge in [-0.2, -0.15) is 0 Å². The van der Waals surface area contributed by atoms with Crippen LogP contribution in [0.15, 0.2) is 12.1 Å². The van der Waals surface area contributed by atoms with Crippen LogP contribution in [0.1, 0.15) is 82.3 Å². The van der Waals surface area contributed by atoms with Gasteiger partial charge in [-0.15, -0.1) is 0 Å². The van der Waals surface area contributed by atoms with E-state index >= 15 is 0 Å². The van der Waals surface area contributed by atoms with Crippen LogP contribution in [-0.4, -0.2) is 88.9 Å². The Labute approximate surface area is 289 Å². The van der Waals surface area contributed by atoms with Gasteiger partial charge in [0.2, 0.25) is 11.8 Å². The van der Waals surface area contributed by atoms with Gasteiger partial charge in [0, 0.05) is 25.9 Å². The van der Waals surface area contributed by atoms with Gasteiger partial charge in [0.25, 0.3) is 0 Å². The molecule has 0 spiro atoms. The molecule has 5 rings (SSSR count). The molecule has 1 saturated carbocycles. The lowest BCUT2D eigenvalue weighted by atomic mass is 10.0. The van der Waals surface area contributed by atoms with Crippen LogP contribution in [0.3, 0.4) is 0 Å². The number of hydrogen-bond donors (Lipinski definition) is 3. The number of primary amides is 1. The van der Waals surface area contributed by atoms with Crippen molar-refractivity contribution < 1.29 is 43.3 Å². The molecule has 4 N–H and O–H groups in total. The summed E-state index contributed by atoms with van der Waals surface area (Å²) in [6, 6.07) is 1.43. The zero-order valence-electron chi connectivity index (χ0n) is 27.1. The summed E-state index contributed by atoms with van der Waals surface area (Å²) in [6.45, 7) is 3.06. The number of amides is 4. The lowest BCUT2D eigenvalue weighted by Gasteiger charge is -2.28. The van der Waals surface area contributed by atoms with Crippen molar-refractivity contribution in [1.82, 2.24) is 15.1 Å². The molecule has 13 nitrogen and oxygen atoms in total. The fourth-order valence-corrected chi connectivity index (χ4v) is 7.30. The Bertz CT molecular complexity index is 1380. The molecule has 0 unspecified atom stereocenters. The molecule has 0 aromatic heterocycles. The SMILES string of the molecule is C[C@]1(C(=O)O)C[C@H]1CCCCCCC[C@H](NC(=O)O[C@@H]1CCOC1)C(=O)N1C[C@H](OC(=O)N2Cc3cc(Cl)c(Cl)cc3C2)C[C@H]1C(N)=O. The highest BCUT2D eigenvalue weighted by Gasteiger charge is 2.55. The number of carboxylic acid groups (broad SMARTS) is 1. The third-order valence-corrected chi connectivity index (χ3v) is 10.8. The number of fused-ring (bicyclic) bond motifs is 1. The average Bonchev–Trinajstić information content (AvgIpc) is 3.47. The first-order valence-corrected chi connectivity index (χ1v) is 17.4. The molecule has 2 saturated heterocycles. The van der Waals surface area contributed by atoms with E-state index in [0.717, 1.165) is 49.7 Å². The number of benzene rings is 1. The molecule has 1 aromatic rings. The van der Waals surface area contributed by atoms with Crippen molar-refractivity contribution in [3.63, 3.8) is 0 Å². The summed E-state index contributed by atoms with van der Waals surface area (Å²) >= 11 is 12.3. The summed E-state index contributed by atoms with van der Waals surface area (Å²) in [6.07, 6.45) is 4.14. The van der Waals surface area contributed by atoms with E-state index in [4.69, 9.17) is 43.1 Å². The number of ether oxygens (including phenoxy) is 3. The number of nitrogens with one attached hydrogen (secondary N) is 1. The minimum atomic E-state index is -1.02. The van der Waals surface area contributed by atoms with Crippen molar-refractivity contribution in [2.45, 2.75) is 109 Å². The molecule has 48 heavy (non-hydrogen) atoms. The van der Waals surface area contributed by atoms with Crippen LogP contribution in [-0.2, 0) is 41.7 Å². The Balaban J connectivity index is 1.15. The van der Waals surface area contributed by atoms with Crippen molar-refractivity contribution >= 4 is 53.2 Å². The van der Waals surface area contributed by atoms with Gasteiger partial charge in [0.1, 0.15) is 24.3 Å². The molecule has 15 heteroatoms. The molecule has 0 bridgehead atoms. The summed E-state index contributed by atoms with van der Waals surface area (Å²) in [4.78, 5) is 66.4. The summed E-state index contributed by atoms with van der Waals surface area (Å²) in [7, 11) is 0. The number of carboxylic acids is 1. The molecular weight excluding hydrogens is 667 g/mol. The number of alkyl carbamates (subject to hydrolysis) is 1. The second kappa shape index (κ2) is 15.5. The first-order chi connectivity index (χ1) is 22.9. The zero-order valence-corrected chi connectivity index (χ0v) is 28.6. The predicted molar refractivity (Wildman–Crippen MR) is 174 cm³/mol. The van der Waals surface area contributed by atoms with Crippen LogP contribution in [0.5, 0.6) is 0 Å². The third kappa shape index (κ3) is 8.64. The normalized spacial score (nSPS) is 26.6. The van der Waals surface area contributed by atoms with Gasteiger partial charge in [-0.05, 0) is 55.4 Å². The zero-order chi connectivity index (χ0) is 34.6. The number of hydrogen-bond acceptors (Lipinski definition) is 8. The summed E-state index contributed by atoms with van der Waals surface area (Å²) in [5.74, 6) is -1.75. The topological polar surface area (TPSA) is 178 Å². The molecule has 3 fully saturated rings. The molecule has 3 aliphatic heterocycles. The van der Waals surface area contributed by atoms with Crippen molar-refractivity contribution in [3.8, 4) is 0 Å². The maximum Gasteiger partial charge on any atom is 0.410 e. The largest absolute Gasteiger partial charge is 0.481 e. The maximum atomic E-state index is 13.9. The van der Waals surface area contributed by atoms with Gasteiger partial charge in [0.15, 0.2) is 0 Å². The minimum absolute atomic E-state index is 0.0315. The monoisotopic (exact) mass is 710 g/mol. The van der Waals surface area contributed by atoms with Crippen LogP contribution < -0.4 is 11.1 Å². The number of likely N-dealkylation sites (tertiary alicyclic amines) is 1. The molecule has 4 amide bonds. The maximum absolute atomic E-state index is 13.9. The van der Waals surface area contributed by atoms with Gasteiger partial charge in [-0.25, -0.2) is 9.59 Å². The Morgan fingerprint density at radius 3 is 2.31 bits per heavy atom. The Morgan fingerprint density at radius 2 is 1.71 bits per heavy atom. The van der Waals surface area contributed by atoms with Crippen LogP contribution in [0, 0.1) is 11.3 Å². The summed E-state index contributed by atoms with van der Waals surface area (Å²) in [5.41, 5.74) is 6.82. The van der Waals surface area contributed by atoms with E-state index in [1.165, 1.54) is 9.80 Å². The second-order valence-corrected chi connectivity index (χ2v) is 14.4. The molecule has 1 aliphatic carbocycles. The van der Waals surface area contributed by atoms with Crippen molar-refractivity contribution in [2.75, 3.05) is 19.8 Å². The van der Waals surface area contributed by atoms with Crippen LogP contribution in [0.2, 0.25) is 10.0 Å². The summed E-state index contributed by atoms with van der Waals surface area (Å²) < 4.78 is 16.5. The van der Waals surface area contributed by atoms with E-state index in [1.54, 1.807) is 19.1 Å². The van der Waals surface area contributed by atoms with E-state index in [9.17, 15) is 29.1 Å². The highest BCUT2D eigenvalue weighted by atomic mass is 35.5. The Kier molecular flexibility index (Phi) is 11.6. The quantitative estimate of drug-likeness (QED) is 0.232. The first-order valence-electron chi connectivity index (χ1n) is 16.7. The van der Waals surface area contributed by atoms with Crippen LogP contribution in [0.25, 0.3) is 0 Å². The number of halogens is 2. The average molecular weight is 712 g/mol.